The lowest BCUT2D eigenvalue weighted by atomic mass is 9.88. The fourth-order valence-electron chi connectivity index (χ4n) is 1.16. The third-order valence-electron chi connectivity index (χ3n) is 1.73. The lowest BCUT2D eigenvalue weighted by Gasteiger charge is -2.35. The smallest absolute Gasteiger partial charge is 0.252 e. The number of rotatable bonds is 3. The van der Waals surface area contributed by atoms with Crippen LogP contribution in [0.4, 0.5) is 8.78 Å². The van der Waals surface area contributed by atoms with Gasteiger partial charge in [-0.25, -0.2) is 8.78 Å². The van der Waals surface area contributed by atoms with Gasteiger partial charge in [-0.1, -0.05) is 0 Å². The van der Waals surface area contributed by atoms with Crippen LogP contribution in [0.2, 0.25) is 0 Å². The van der Waals surface area contributed by atoms with Crippen molar-refractivity contribution < 1.29 is 13.6 Å². The van der Waals surface area contributed by atoms with Crippen molar-refractivity contribution in [1.29, 1.82) is 0 Å². The van der Waals surface area contributed by atoms with Gasteiger partial charge in [-0.05, 0) is 6.26 Å². The molecule has 1 N–H and O–H groups in total. The van der Waals surface area contributed by atoms with Gasteiger partial charge in [-0.3, -0.25) is 4.79 Å². The van der Waals surface area contributed by atoms with Crippen LogP contribution in [0, 0.1) is 0 Å². The molecule has 1 aliphatic carbocycles. The Morgan fingerprint density at radius 3 is 2.67 bits per heavy atom. The van der Waals surface area contributed by atoms with Crippen LogP contribution in [0.25, 0.3) is 0 Å². The van der Waals surface area contributed by atoms with Crippen LogP contribution in [-0.4, -0.2) is 29.9 Å². The number of hydrogen-bond donors (Lipinski definition) is 1. The average molecular weight is 195 g/mol. The summed E-state index contributed by atoms with van der Waals surface area (Å²) in [5.74, 6) is -2.35. The molecule has 1 amide bonds. The van der Waals surface area contributed by atoms with E-state index in [0.717, 1.165) is 0 Å². The van der Waals surface area contributed by atoms with Crippen LogP contribution in [0.1, 0.15) is 12.8 Å². The van der Waals surface area contributed by atoms with E-state index in [0.29, 0.717) is 5.75 Å². The standard InChI is InChI=1S/C7H11F2NOS/c1-12-4-6(11)10-5-2-7(8,9)3-5/h5H,2-4H2,1H3,(H,10,11). The topological polar surface area (TPSA) is 29.1 Å². The first-order valence-electron chi connectivity index (χ1n) is 3.69. The quantitative estimate of drug-likeness (QED) is 0.734. The molecule has 0 unspecified atom stereocenters. The molecule has 0 aromatic heterocycles. The zero-order chi connectivity index (χ0) is 9.19. The third kappa shape index (κ3) is 2.62. The van der Waals surface area contributed by atoms with E-state index in [2.05, 4.69) is 5.32 Å². The van der Waals surface area contributed by atoms with Gasteiger partial charge >= 0.3 is 0 Å². The molecular formula is C7H11F2NOS. The van der Waals surface area contributed by atoms with Gasteiger partial charge in [0.05, 0.1) is 5.75 Å². The fraction of sp³-hybridized carbons (Fsp3) is 0.857. The lowest BCUT2D eigenvalue weighted by Crippen LogP contribution is -2.50. The first kappa shape index (κ1) is 9.77. The summed E-state index contributed by atoms with van der Waals surface area (Å²) in [6.07, 6.45) is 1.40. The van der Waals surface area contributed by atoms with E-state index in [1.54, 1.807) is 6.26 Å². The monoisotopic (exact) mass is 195 g/mol. The molecule has 0 saturated heterocycles. The lowest BCUT2D eigenvalue weighted by molar-refractivity contribution is -0.126. The molecule has 0 atom stereocenters. The van der Waals surface area contributed by atoms with E-state index in [1.807, 2.05) is 0 Å². The number of carbonyl (C=O) groups excluding carboxylic acids is 1. The van der Waals surface area contributed by atoms with Gasteiger partial charge in [0.2, 0.25) is 5.91 Å². The van der Waals surface area contributed by atoms with Crippen molar-refractivity contribution in [3.8, 4) is 0 Å². The molecule has 1 fully saturated rings. The van der Waals surface area contributed by atoms with Crippen LogP contribution in [0.3, 0.4) is 0 Å². The molecular weight excluding hydrogens is 184 g/mol. The summed E-state index contributed by atoms with van der Waals surface area (Å²) in [6, 6.07) is -0.306. The largest absolute Gasteiger partial charge is 0.352 e. The SMILES string of the molecule is CSCC(=O)NC1CC(F)(F)C1. The summed E-state index contributed by atoms with van der Waals surface area (Å²) in [5, 5.41) is 2.53. The Morgan fingerprint density at radius 2 is 2.25 bits per heavy atom. The highest BCUT2D eigenvalue weighted by Gasteiger charge is 2.45. The molecule has 1 aliphatic rings. The molecule has 12 heavy (non-hydrogen) atoms. The first-order chi connectivity index (χ1) is 5.53. The average Bonchev–Trinajstić information content (AvgIpc) is 1.83. The number of thioether (sulfide) groups is 1. The Bertz CT molecular complexity index is 178. The Hall–Kier alpha value is -0.320. The molecule has 1 saturated carbocycles. The molecule has 0 aromatic rings. The first-order valence-corrected chi connectivity index (χ1v) is 5.09. The summed E-state index contributed by atoms with van der Waals surface area (Å²) in [7, 11) is 0. The number of nitrogens with one attached hydrogen (secondary N) is 1. The third-order valence-corrected chi connectivity index (χ3v) is 2.28. The highest BCUT2D eigenvalue weighted by Crippen LogP contribution is 2.37. The predicted octanol–water partition coefficient (Wildman–Crippen LogP) is 1.26. The summed E-state index contributed by atoms with van der Waals surface area (Å²) < 4.78 is 24.5. The summed E-state index contributed by atoms with van der Waals surface area (Å²) in [6.45, 7) is 0. The maximum atomic E-state index is 12.3. The number of carbonyl (C=O) groups is 1. The number of amides is 1. The molecule has 1 rings (SSSR count). The van der Waals surface area contributed by atoms with E-state index in [9.17, 15) is 13.6 Å². The molecule has 0 aromatic carbocycles. The van der Waals surface area contributed by atoms with Gasteiger partial charge in [0.15, 0.2) is 0 Å². The van der Waals surface area contributed by atoms with Crippen molar-refractivity contribution >= 4 is 17.7 Å². The Morgan fingerprint density at radius 1 is 1.67 bits per heavy atom. The van der Waals surface area contributed by atoms with E-state index in [-0.39, 0.29) is 24.8 Å². The van der Waals surface area contributed by atoms with Crippen LogP contribution < -0.4 is 5.32 Å². The maximum Gasteiger partial charge on any atom is 0.252 e. The fourth-order valence-corrected chi connectivity index (χ4v) is 1.51. The molecule has 0 heterocycles. The minimum atomic E-state index is -2.54. The molecule has 0 radical (unpaired) electrons. The van der Waals surface area contributed by atoms with Gasteiger partial charge in [-0.2, -0.15) is 11.8 Å². The molecule has 70 valence electrons. The molecule has 5 heteroatoms. The van der Waals surface area contributed by atoms with Crippen molar-refractivity contribution in [3.63, 3.8) is 0 Å². The Kier molecular flexibility index (Phi) is 2.93. The summed E-state index contributed by atoms with van der Waals surface area (Å²) in [4.78, 5) is 10.9. The second-order valence-electron chi connectivity index (χ2n) is 2.96. The maximum absolute atomic E-state index is 12.3. The van der Waals surface area contributed by atoms with E-state index in [4.69, 9.17) is 0 Å². The minimum absolute atomic E-state index is 0.150. The second kappa shape index (κ2) is 3.60. The molecule has 0 spiro atoms. The number of halogens is 2. The normalized spacial score (nSPS) is 21.6. The van der Waals surface area contributed by atoms with E-state index < -0.39 is 5.92 Å². The van der Waals surface area contributed by atoms with Gasteiger partial charge in [0.25, 0.3) is 5.92 Å². The Balaban J connectivity index is 2.14. The highest BCUT2D eigenvalue weighted by molar-refractivity contribution is 7.99. The summed E-state index contributed by atoms with van der Waals surface area (Å²) >= 11 is 1.39. The van der Waals surface area contributed by atoms with E-state index >= 15 is 0 Å². The van der Waals surface area contributed by atoms with Crippen molar-refractivity contribution in [2.45, 2.75) is 24.8 Å². The van der Waals surface area contributed by atoms with Crippen LogP contribution in [-0.2, 0) is 4.79 Å². The molecule has 0 aliphatic heterocycles. The van der Waals surface area contributed by atoms with Gasteiger partial charge in [-0.15, -0.1) is 0 Å². The number of hydrogen-bond acceptors (Lipinski definition) is 2. The number of alkyl halides is 2. The predicted molar refractivity (Wildman–Crippen MR) is 44.5 cm³/mol. The molecule has 2 nitrogen and oxygen atoms in total. The van der Waals surface area contributed by atoms with Crippen molar-refractivity contribution in [2.75, 3.05) is 12.0 Å². The second-order valence-corrected chi connectivity index (χ2v) is 3.83. The van der Waals surface area contributed by atoms with Gasteiger partial charge in [0.1, 0.15) is 0 Å². The zero-order valence-corrected chi connectivity index (χ0v) is 7.59. The minimum Gasteiger partial charge on any atom is -0.352 e. The van der Waals surface area contributed by atoms with Crippen LogP contribution in [0.15, 0.2) is 0 Å². The Labute approximate surface area is 74.1 Å². The van der Waals surface area contributed by atoms with Crippen molar-refractivity contribution in [2.24, 2.45) is 0 Å². The van der Waals surface area contributed by atoms with E-state index in [1.165, 1.54) is 11.8 Å². The van der Waals surface area contributed by atoms with Crippen LogP contribution in [0.5, 0.6) is 0 Å². The zero-order valence-electron chi connectivity index (χ0n) is 6.77. The molecule has 0 bridgehead atoms. The van der Waals surface area contributed by atoms with Crippen LogP contribution >= 0.6 is 11.8 Å². The van der Waals surface area contributed by atoms with Crippen molar-refractivity contribution in [1.82, 2.24) is 5.32 Å². The summed E-state index contributed by atoms with van der Waals surface area (Å²) in [5.41, 5.74) is 0. The van der Waals surface area contributed by atoms with Gasteiger partial charge in [0, 0.05) is 18.9 Å². The highest BCUT2D eigenvalue weighted by atomic mass is 32.2. The van der Waals surface area contributed by atoms with Gasteiger partial charge < -0.3 is 5.32 Å². The van der Waals surface area contributed by atoms with Crippen molar-refractivity contribution in [3.05, 3.63) is 0 Å².